The van der Waals surface area contributed by atoms with Gasteiger partial charge in [0.2, 0.25) is 11.8 Å². The predicted molar refractivity (Wildman–Crippen MR) is 196 cm³/mol. The lowest BCUT2D eigenvalue weighted by Gasteiger charge is -2.47. The van der Waals surface area contributed by atoms with Crippen LogP contribution in [0.15, 0.2) is 47.5 Å². The van der Waals surface area contributed by atoms with Gasteiger partial charge in [0, 0.05) is 69.9 Å². The molecule has 0 saturated carbocycles. The van der Waals surface area contributed by atoms with Crippen molar-refractivity contribution in [3.63, 3.8) is 0 Å². The van der Waals surface area contributed by atoms with Crippen LogP contribution in [-0.4, -0.2) is 94.6 Å². The molecule has 51 heavy (non-hydrogen) atoms. The van der Waals surface area contributed by atoms with Crippen LogP contribution in [0.3, 0.4) is 0 Å². The molecule has 7 rings (SSSR count). The average molecular weight is 695 g/mol. The number of likely N-dealkylation sites (tertiary alicyclic amines) is 2. The number of amides is 3. The second kappa shape index (κ2) is 14.2. The summed E-state index contributed by atoms with van der Waals surface area (Å²) in [5.74, 6) is -0.407. The molecule has 3 aromatic rings. The monoisotopic (exact) mass is 694 g/mol. The third kappa shape index (κ3) is 7.28. The number of hydrogen-bond acceptors (Lipinski definition) is 9. The van der Waals surface area contributed by atoms with E-state index in [4.69, 9.17) is 4.98 Å². The van der Waals surface area contributed by atoms with E-state index >= 15 is 0 Å². The lowest BCUT2D eigenvalue weighted by molar-refractivity contribution is -0.134. The number of piperidine rings is 4. The topological polar surface area (TPSA) is 133 Å². The molecule has 4 saturated heterocycles. The van der Waals surface area contributed by atoms with Gasteiger partial charge in [-0.25, -0.2) is 4.68 Å². The molecule has 3 amide bonds. The minimum atomic E-state index is -0.371. The van der Waals surface area contributed by atoms with Gasteiger partial charge in [-0.15, -0.1) is 0 Å². The number of hydrogen-bond donors (Lipinski definition) is 2. The van der Waals surface area contributed by atoms with Gasteiger partial charge in [0.1, 0.15) is 0 Å². The summed E-state index contributed by atoms with van der Waals surface area (Å²) in [5, 5.41) is 10.2. The fourth-order valence-electron chi connectivity index (χ4n) is 8.75. The largest absolute Gasteiger partial charge is 0.379 e. The summed E-state index contributed by atoms with van der Waals surface area (Å²) in [4.78, 5) is 61.4. The molecule has 6 heterocycles. The van der Waals surface area contributed by atoms with E-state index in [1.165, 1.54) is 10.2 Å². The van der Waals surface area contributed by atoms with Crippen molar-refractivity contribution < 1.29 is 14.4 Å². The molecular formula is C39H50N8O4. The van der Waals surface area contributed by atoms with Crippen molar-refractivity contribution in [1.29, 1.82) is 0 Å². The first-order chi connectivity index (χ1) is 24.5. The predicted octanol–water partition coefficient (Wildman–Crippen LogP) is 3.73. The lowest BCUT2D eigenvalue weighted by Crippen LogP contribution is -2.48. The van der Waals surface area contributed by atoms with Crippen LogP contribution in [0.25, 0.3) is 0 Å². The van der Waals surface area contributed by atoms with Gasteiger partial charge >= 0.3 is 0 Å². The second-order valence-corrected chi connectivity index (χ2v) is 15.4. The fourth-order valence-corrected chi connectivity index (χ4v) is 8.75. The van der Waals surface area contributed by atoms with Gasteiger partial charge in [-0.3, -0.25) is 29.5 Å². The number of imide groups is 1. The number of anilines is 2. The summed E-state index contributed by atoms with van der Waals surface area (Å²) in [7, 11) is 3.79. The summed E-state index contributed by atoms with van der Waals surface area (Å²) in [5.41, 5.74) is 6.43. The van der Waals surface area contributed by atoms with Crippen LogP contribution in [-0.2, 0) is 16.6 Å². The average Bonchev–Trinajstić information content (AvgIpc) is 3.12. The van der Waals surface area contributed by atoms with Crippen LogP contribution in [0, 0.1) is 19.3 Å². The molecule has 3 atom stereocenters. The Hall–Kier alpha value is -4.58. The van der Waals surface area contributed by atoms with E-state index in [0.29, 0.717) is 24.3 Å². The van der Waals surface area contributed by atoms with Crippen molar-refractivity contribution >= 4 is 29.1 Å². The minimum absolute atomic E-state index is 0.0872. The van der Waals surface area contributed by atoms with Crippen molar-refractivity contribution in [2.45, 2.75) is 76.7 Å². The molecule has 0 radical (unpaired) electrons. The van der Waals surface area contributed by atoms with Crippen LogP contribution in [0.4, 0.5) is 11.4 Å². The number of aryl methyl sites for hydroxylation is 2. The number of carbonyl (C=O) groups excluding carboxylic acids is 3. The summed E-state index contributed by atoms with van der Waals surface area (Å²) >= 11 is 0. The van der Waals surface area contributed by atoms with Crippen molar-refractivity contribution in [1.82, 2.24) is 29.9 Å². The Morgan fingerprint density at radius 2 is 1.65 bits per heavy atom. The van der Waals surface area contributed by atoms with Gasteiger partial charge in [0.05, 0.1) is 35.4 Å². The van der Waals surface area contributed by atoms with E-state index in [-0.39, 0.29) is 40.7 Å². The van der Waals surface area contributed by atoms with Crippen molar-refractivity contribution in [3.8, 4) is 0 Å². The maximum absolute atomic E-state index is 13.6. The van der Waals surface area contributed by atoms with Gasteiger partial charge in [0.25, 0.3) is 11.5 Å². The first kappa shape index (κ1) is 34.9. The highest BCUT2D eigenvalue weighted by atomic mass is 16.2. The van der Waals surface area contributed by atoms with Gasteiger partial charge < -0.3 is 20.0 Å². The van der Waals surface area contributed by atoms with E-state index < -0.39 is 0 Å². The first-order valence-electron chi connectivity index (χ1n) is 18.4. The molecule has 1 spiro atoms. The molecule has 4 aliphatic heterocycles. The van der Waals surface area contributed by atoms with Crippen molar-refractivity contribution in [3.05, 3.63) is 81.0 Å². The van der Waals surface area contributed by atoms with E-state index in [0.717, 1.165) is 99.6 Å². The zero-order chi connectivity index (χ0) is 35.9. The number of likely N-dealkylation sites (N-methyl/N-ethyl adjacent to an activating group) is 1. The molecule has 270 valence electrons. The van der Waals surface area contributed by atoms with Crippen LogP contribution in [0.5, 0.6) is 0 Å². The Bertz CT molecular complexity index is 1860. The first-order valence-corrected chi connectivity index (χ1v) is 18.4. The molecule has 3 unspecified atom stereocenters. The smallest absolute Gasteiger partial charge is 0.271 e. The standard InChI is InChI=1S/C39H50N8O4/c1-25-19-31(21-40-35(25)32-9-10-34(48)43-36(32)49)46-15-11-39(12-16-46)13-17-47(18-14-39)38(51)28-7-5-27(6-8-28)29-20-30(24-44(3)23-29)42-33-22-41-45(4)37(50)26(33)2/h5-8,19,21-22,29-30,32,42H,9-18,20,23-24H2,1-4H3,(H,43,48,49). The highest BCUT2D eigenvalue weighted by Crippen LogP contribution is 2.43. The third-order valence-electron chi connectivity index (χ3n) is 12.0. The summed E-state index contributed by atoms with van der Waals surface area (Å²) in [6, 6.07) is 10.5. The minimum Gasteiger partial charge on any atom is -0.379 e. The van der Waals surface area contributed by atoms with Gasteiger partial charge in [0.15, 0.2) is 0 Å². The normalized spacial score (nSPS) is 24.0. The van der Waals surface area contributed by atoms with E-state index in [9.17, 15) is 19.2 Å². The van der Waals surface area contributed by atoms with Gasteiger partial charge in [-0.1, -0.05) is 12.1 Å². The maximum Gasteiger partial charge on any atom is 0.271 e. The quantitative estimate of drug-likeness (QED) is 0.371. The summed E-state index contributed by atoms with van der Waals surface area (Å²) in [6.07, 6.45) is 9.60. The van der Waals surface area contributed by atoms with Crippen LogP contribution < -0.4 is 21.1 Å². The third-order valence-corrected chi connectivity index (χ3v) is 12.0. The molecule has 2 N–H and O–H groups in total. The van der Waals surface area contributed by atoms with Crippen LogP contribution in [0.2, 0.25) is 0 Å². The molecule has 12 nitrogen and oxygen atoms in total. The highest BCUT2D eigenvalue weighted by molar-refractivity contribution is 6.00. The maximum atomic E-state index is 13.6. The van der Waals surface area contributed by atoms with E-state index in [1.807, 2.05) is 37.1 Å². The molecule has 4 aliphatic rings. The zero-order valence-corrected chi connectivity index (χ0v) is 30.3. The number of benzene rings is 1. The zero-order valence-electron chi connectivity index (χ0n) is 30.3. The van der Waals surface area contributed by atoms with Crippen molar-refractivity contribution in [2.24, 2.45) is 12.5 Å². The Kier molecular flexibility index (Phi) is 9.71. The van der Waals surface area contributed by atoms with Gasteiger partial charge in [-0.2, -0.15) is 5.10 Å². The number of carbonyl (C=O) groups is 3. The molecule has 0 aliphatic carbocycles. The van der Waals surface area contributed by atoms with Crippen molar-refractivity contribution in [2.75, 3.05) is 56.5 Å². The number of nitrogens with one attached hydrogen (secondary N) is 2. The van der Waals surface area contributed by atoms with E-state index in [1.54, 1.807) is 13.2 Å². The number of aromatic nitrogens is 3. The Morgan fingerprint density at radius 1 is 0.941 bits per heavy atom. The number of nitrogens with zero attached hydrogens (tertiary/aromatic N) is 6. The summed E-state index contributed by atoms with van der Waals surface area (Å²) < 4.78 is 1.36. The SMILES string of the molecule is Cc1cc(N2CCC3(CCN(C(=O)c4ccc(C5CC(Nc6cnn(C)c(=O)c6C)CN(C)C5)cc4)CC3)CC2)cnc1C1CCC(=O)NC1=O. The molecular weight excluding hydrogens is 644 g/mol. The van der Waals surface area contributed by atoms with Crippen LogP contribution >= 0.6 is 0 Å². The fraction of sp³-hybridized carbons (Fsp3) is 0.538. The molecule has 4 fully saturated rings. The Labute approximate surface area is 299 Å². The molecule has 1 aromatic carbocycles. The Morgan fingerprint density at radius 3 is 2.33 bits per heavy atom. The lowest BCUT2D eigenvalue weighted by atomic mass is 9.71. The molecule has 2 aromatic heterocycles. The van der Waals surface area contributed by atoms with E-state index in [2.05, 4.69) is 50.8 Å². The van der Waals surface area contributed by atoms with Crippen LogP contribution in [0.1, 0.15) is 89.5 Å². The number of rotatable bonds is 6. The number of pyridine rings is 1. The molecule has 0 bridgehead atoms. The highest BCUT2D eigenvalue weighted by Gasteiger charge is 2.39. The Balaban J connectivity index is 0.911. The second-order valence-electron chi connectivity index (χ2n) is 15.4. The summed E-state index contributed by atoms with van der Waals surface area (Å²) in [6.45, 7) is 9.11. The van der Waals surface area contributed by atoms with Gasteiger partial charge in [-0.05, 0) is 100 Å². The molecule has 12 heteroatoms.